The summed E-state index contributed by atoms with van der Waals surface area (Å²) in [5.74, 6) is 1.10. The van der Waals surface area contributed by atoms with Crippen LogP contribution in [0.15, 0.2) is 23.4 Å². The Bertz CT molecular complexity index is 437. The van der Waals surface area contributed by atoms with E-state index in [0.29, 0.717) is 0 Å². The van der Waals surface area contributed by atoms with Crippen molar-refractivity contribution in [3.05, 3.63) is 18.5 Å². The van der Waals surface area contributed by atoms with Crippen LogP contribution in [0, 0.1) is 0 Å². The highest BCUT2D eigenvalue weighted by molar-refractivity contribution is 7.99. The molecule has 1 amide bonds. The molecule has 84 valence electrons. The van der Waals surface area contributed by atoms with E-state index in [1.807, 2.05) is 24.2 Å². The molecule has 0 saturated carbocycles. The number of aromatic nitrogens is 1. The molecule has 2 aliphatic heterocycles. The number of hydrogen-bond donors (Lipinski definition) is 0. The fraction of sp³-hybridized carbons (Fsp3) is 0.455. The van der Waals surface area contributed by atoms with Crippen LogP contribution in [-0.2, 0) is 4.79 Å². The highest BCUT2D eigenvalue weighted by atomic mass is 32.2. The zero-order valence-electron chi connectivity index (χ0n) is 9.09. The lowest BCUT2D eigenvalue weighted by Gasteiger charge is -2.24. The van der Waals surface area contributed by atoms with Gasteiger partial charge in [0.1, 0.15) is 6.04 Å². The van der Waals surface area contributed by atoms with Gasteiger partial charge in [-0.1, -0.05) is 0 Å². The lowest BCUT2D eigenvalue weighted by Crippen LogP contribution is -2.39. The third kappa shape index (κ3) is 1.38. The number of likely N-dealkylation sites (tertiary alicyclic amines) is 1. The first kappa shape index (κ1) is 9.96. The molecule has 2 aliphatic rings. The largest absolute Gasteiger partial charge is 0.348 e. The lowest BCUT2D eigenvalue weighted by atomic mass is 10.2. The van der Waals surface area contributed by atoms with Crippen LogP contribution in [0.3, 0.4) is 0 Å². The van der Waals surface area contributed by atoms with E-state index >= 15 is 0 Å². The predicted molar refractivity (Wildman–Crippen MR) is 63.5 cm³/mol. The molecule has 0 spiro atoms. The Balaban J connectivity index is 1.91. The highest BCUT2D eigenvalue weighted by Crippen LogP contribution is 2.40. The second kappa shape index (κ2) is 3.66. The molecule has 1 saturated heterocycles. The number of likely N-dealkylation sites (N-methyl/N-ethyl adjacent to an activating group) is 1. The Morgan fingerprint density at radius 2 is 2.44 bits per heavy atom. The number of rotatable bonds is 1. The van der Waals surface area contributed by atoms with Gasteiger partial charge < -0.3 is 9.80 Å². The van der Waals surface area contributed by atoms with Crippen LogP contribution in [-0.4, -0.2) is 41.3 Å². The number of nitrogens with zero attached hydrogens (tertiary/aromatic N) is 3. The van der Waals surface area contributed by atoms with Crippen molar-refractivity contribution in [1.29, 1.82) is 0 Å². The van der Waals surface area contributed by atoms with E-state index in [2.05, 4.69) is 9.88 Å². The first-order chi connectivity index (χ1) is 7.77. The Morgan fingerprint density at radius 1 is 1.56 bits per heavy atom. The molecule has 5 heteroatoms. The Morgan fingerprint density at radius 3 is 3.19 bits per heavy atom. The minimum absolute atomic E-state index is 0.0166. The first-order valence-electron chi connectivity index (χ1n) is 5.36. The van der Waals surface area contributed by atoms with Crippen LogP contribution in [0.25, 0.3) is 0 Å². The van der Waals surface area contributed by atoms with Crippen LogP contribution in [0.4, 0.5) is 5.69 Å². The quantitative estimate of drug-likeness (QED) is 0.732. The monoisotopic (exact) mass is 235 g/mol. The fourth-order valence-corrected chi connectivity index (χ4v) is 3.34. The molecule has 1 aromatic heterocycles. The molecular formula is C11H13N3OS. The van der Waals surface area contributed by atoms with Crippen LogP contribution in [0.5, 0.6) is 0 Å². The van der Waals surface area contributed by atoms with Gasteiger partial charge in [0.15, 0.2) is 0 Å². The van der Waals surface area contributed by atoms with Gasteiger partial charge in [0, 0.05) is 24.7 Å². The number of thioether (sulfide) groups is 1. The summed E-state index contributed by atoms with van der Waals surface area (Å²) in [5, 5.41) is 0. The second-order valence-corrected chi connectivity index (χ2v) is 5.14. The molecule has 0 aromatic carbocycles. The molecule has 0 bridgehead atoms. The molecule has 1 aromatic rings. The molecule has 3 rings (SSSR count). The minimum Gasteiger partial charge on any atom is -0.348 e. The van der Waals surface area contributed by atoms with Crippen molar-refractivity contribution < 1.29 is 4.79 Å². The summed E-state index contributed by atoms with van der Waals surface area (Å²) in [6.45, 7) is 0.861. The summed E-state index contributed by atoms with van der Waals surface area (Å²) in [6, 6.07) is 2.03. The molecule has 1 unspecified atom stereocenters. The number of pyridine rings is 1. The van der Waals surface area contributed by atoms with Gasteiger partial charge in [-0.15, -0.1) is 11.8 Å². The van der Waals surface area contributed by atoms with Gasteiger partial charge in [-0.25, -0.2) is 0 Å². The third-order valence-corrected chi connectivity index (χ3v) is 4.27. The highest BCUT2D eigenvalue weighted by Gasteiger charge is 2.37. The summed E-state index contributed by atoms with van der Waals surface area (Å²) in [6.07, 6.45) is 4.59. The van der Waals surface area contributed by atoms with Gasteiger partial charge in [-0.05, 0) is 12.5 Å². The van der Waals surface area contributed by atoms with Gasteiger partial charge in [-0.3, -0.25) is 9.78 Å². The summed E-state index contributed by atoms with van der Waals surface area (Å²) < 4.78 is 0. The standard InChI is InChI=1S/C11H13N3OS/c1-13-5-3-8(11(13)15)14-7-16-10-2-4-12-6-9(10)14/h2,4,6,8H,3,5,7H2,1H3. The van der Waals surface area contributed by atoms with Gasteiger partial charge in [0.25, 0.3) is 0 Å². The number of amides is 1. The Kier molecular flexibility index (Phi) is 2.28. The van der Waals surface area contributed by atoms with Crippen molar-refractivity contribution in [1.82, 2.24) is 9.88 Å². The number of hydrogen-bond acceptors (Lipinski definition) is 4. The van der Waals surface area contributed by atoms with Crippen molar-refractivity contribution in [3.63, 3.8) is 0 Å². The van der Waals surface area contributed by atoms with Crippen molar-refractivity contribution in [2.45, 2.75) is 17.4 Å². The van der Waals surface area contributed by atoms with Gasteiger partial charge >= 0.3 is 0 Å². The average molecular weight is 235 g/mol. The van der Waals surface area contributed by atoms with E-state index in [0.717, 1.165) is 24.5 Å². The number of carbonyl (C=O) groups is 1. The van der Waals surface area contributed by atoms with Crippen molar-refractivity contribution in [2.24, 2.45) is 0 Å². The normalized spacial score (nSPS) is 24.1. The van der Waals surface area contributed by atoms with Crippen LogP contribution in [0.2, 0.25) is 0 Å². The van der Waals surface area contributed by atoms with E-state index in [4.69, 9.17) is 0 Å². The maximum atomic E-state index is 12.0. The van der Waals surface area contributed by atoms with E-state index in [1.54, 1.807) is 18.0 Å². The molecule has 0 aliphatic carbocycles. The van der Waals surface area contributed by atoms with Crippen molar-refractivity contribution in [3.8, 4) is 0 Å². The molecule has 0 radical (unpaired) electrons. The zero-order valence-corrected chi connectivity index (χ0v) is 9.91. The molecule has 16 heavy (non-hydrogen) atoms. The number of fused-ring (bicyclic) bond motifs is 1. The topological polar surface area (TPSA) is 36.4 Å². The maximum Gasteiger partial charge on any atom is 0.245 e. The van der Waals surface area contributed by atoms with Crippen molar-refractivity contribution in [2.75, 3.05) is 24.4 Å². The fourth-order valence-electron chi connectivity index (χ4n) is 2.27. The third-order valence-electron chi connectivity index (χ3n) is 3.21. The smallest absolute Gasteiger partial charge is 0.245 e. The zero-order chi connectivity index (χ0) is 11.1. The van der Waals surface area contributed by atoms with E-state index in [-0.39, 0.29) is 11.9 Å². The van der Waals surface area contributed by atoms with Crippen LogP contribution in [0.1, 0.15) is 6.42 Å². The lowest BCUT2D eigenvalue weighted by molar-refractivity contribution is -0.127. The number of carbonyl (C=O) groups excluding carboxylic acids is 1. The summed E-state index contributed by atoms with van der Waals surface area (Å²) in [4.78, 5) is 21.3. The molecular weight excluding hydrogens is 222 g/mol. The Hall–Kier alpha value is -1.23. The average Bonchev–Trinajstić information content (AvgIpc) is 2.85. The predicted octanol–water partition coefficient (Wildman–Crippen LogP) is 1.18. The first-order valence-corrected chi connectivity index (χ1v) is 6.34. The van der Waals surface area contributed by atoms with E-state index in [1.165, 1.54) is 4.90 Å². The summed E-state index contributed by atoms with van der Waals surface area (Å²) in [5.41, 5.74) is 1.11. The van der Waals surface area contributed by atoms with E-state index in [9.17, 15) is 4.79 Å². The second-order valence-electron chi connectivity index (χ2n) is 4.15. The van der Waals surface area contributed by atoms with Gasteiger partial charge in [0.05, 0.1) is 17.8 Å². The van der Waals surface area contributed by atoms with Crippen molar-refractivity contribution >= 4 is 23.4 Å². The minimum atomic E-state index is 0.0166. The SMILES string of the molecule is CN1CCC(N2CSc3ccncc32)C1=O. The van der Waals surface area contributed by atoms with Crippen LogP contribution >= 0.6 is 11.8 Å². The Labute approximate surface area is 98.6 Å². The number of anilines is 1. The molecule has 1 fully saturated rings. The van der Waals surface area contributed by atoms with E-state index < -0.39 is 0 Å². The van der Waals surface area contributed by atoms with Gasteiger partial charge in [-0.2, -0.15) is 0 Å². The summed E-state index contributed by atoms with van der Waals surface area (Å²) in [7, 11) is 1.87. The molecule has 1 atom stereocenters. The summed E-state index contributed by atoms with van der Waals surface area (Å²) >= 11 is 1.78. The van der Waals surface area contributed by atoms with Crippen LogP contribution < -0.4 is 4.90 Å². The molecule has 3 heterocycles. The maximum absolute atomic E-state index is 12.0. The molecule has 4 nitrogen and oxygen atoms in total. The van der Waals surface area contributed by atoms with Gasteiger partial charge in [0.2, 0.25) is 5.91 Å². The molecule has 0 N–H and O–H groups in total.